The van der Waals surface area contributed by atoms with Gasteiger partial charge in [-0.15, -0.1) is 0 Å². The number of methoxy groups -OCH3 is 1. The average Bonchev–Trinajstić information content (AvgIpc) is 3.61. The second-order valence-electron chi connectivity index (χ2n) is 15.3. The zero-order chi connectivity index (χ0) is 41.4. The van der Waals surface area contributed by atoms with Gasteiger partial charge >= 0.3 is 0 Å². The second kappa shape index (κ2) is 22.9. The Labute approximate surface area is 353 Å². The van der Waals surface area contributed by atoms with Gasteiger partial charge in [0.05, 0.1) is 52.4 Å². The van der Waals surface area contributed by atoms with Crippen LogP contribution < -0.4 is 0 Å². The molecule has 9 atom stereocenters. The molecule has 0 aromatic heterocycles. The van der Waals surface area contributed by atoms with E-state index in [9.17, 15) is 4.79 Å². The van der Waals surface area contributed by atoms with Crippen LogP contribution in [0.3, 0.4) is 0 Å². The highest BCUT2D eigenvalue weighted by Crippen LogP contribution is 2.36. The molecule has 60 heavy (non-hydrogen) atoms. The van der Waals surface area contributed by atoms with Crippen LogP contribution in [0.4, 0.5) is 0 Å². The summed E-state index contributed by atoms with van der Waals surface area (Å²) in [6.45, 7) is 3.52. The maximum Gasteiger partial charge on any atom is 0.186 e. The van der Waals surface area contributed by atoms with Gasteiger partial charge in [0, 0.05) is 19.4 Å². The quantitative estimate of drug-likeness (QED) is 0.0679. The molecule has 0 unspecified atom stereocenters. The lowest BCUT2D eigenvalue weighted by Crippen LogP contribution is -2.61. The van der Waals surface area contributed by atoms with E-state index < -0.39 is 55.1 Å². The van der Waals surface area contributed by atoms with Gasteiger partial charge in [-0.25, -0.2) is 0 Å². The molecule has 0 aliphatic carbocycles. The number of rotatable bonds is 22. The fourth-order valence-corrected chi connectivity index (χ4v) is 7.75. The third-order valence-electron chi connectivity index (χ3n) is 10.8. The molecule has 2 aliphatic heterocycles. The van der Waals surface area contributed by atoms with Gasteiger partial charge < -0.3 is 47.4 Å². The van der Waals surface area contributed by atoms with Gasteiger partial charge in [-0.1, -0.05) is 152 Å². The number of carbonyl (C=O) groups is 1. The van der Waals surface area contributed by atoms with Gasteiger partial charge in [0.15, 0.2) is 12.6 Å². The van der Waals surface area contributed by atoms with Crippen LogP contribution in [0, 0.1) is 5.92 Å². The first-order valence-corrected chi connectivity index (χ1v) is 20.7. The molecule has 10 heteroatoms. The van der Waals surface area contributed by atoms with E-state index in [1.165, 1.54) is 0 Å². The van der Waals surface area contributed by atoms with Crippen LogP contribution in [0.2, 0.25) is 0 Å². The Hall–Kier alpha value is -4.59. The first-order chi connectivity index (χ1) is 29.5. The van der Waals surface area contributed by atoms with E-state index in [0.717, 1.165) is 27.8 Å². The van der Waals surface area contributed by atoms with Crippen LogP contribution in [0.15, 0.2) is 152 Å². The molecular formula is C50H56O10. The molecule has 316 valence electrons. The summed E-state index contributed by atoms with van der Waals surface area (Å²) in [6.07, 6.45) is -5.08. The van der Waals surface area contributed by atoms with E-state index in [-0.39, 0.29) is 25.4 Å². The summed E-state index contributed by atoms with van der Waals surface area (Å²) in [6, 6.07) is 49.9. The van der Waals surface area contributed by atoms with Crippen LogP contribution in [-0.4, -0.2) is 75.3 Å². The van der Waals surface area contributed by atoms with Crippen molar-refractivity contribution in [2.75, 3.05) is 20.3 Å². The third kappa shape index (κ3) is 12.5. The van der Waals surface area contributed by atoms with Gasteiger partial charge in [0.1, 0.15) is 36.3 Å². The number of hydrogen-bond acceptors (Lipinski definition) is 10. The second-order valence-corrected chi connectivity index (χ2v) is 15.3. The summed E-state index contributed by atoms with van der Waals surface area (Å²) in [5.74, 6) is -0.421. The summed E-state index contributed by atoms with van der Waals surface area (Å²) in [4.78, 5) is 12.9. The zero-order valence-electron chi connectivity index (χ0n) is 34.4. The molecule has 0 N–H and O–H groups in total. The topological polar surface area (TPSA) is 100 Å². The first kappa shape index (κ1) is 43.5. The van der Waals surface area contributed by atoms with Crippen molar-refractivity contribution in [3.05, 3.63) is 179 Å². The Bertz CT molecular complexity index is 1950. The molecule has 0 bridgehead atoms. The number of hydrogen-bond donors (Lipinski definition) is 0. The highest BCUT2D eigenvalue weighted by Gasteiger charge is 2.51. The molecule has 2 heterocycles. The highest BCUT2D eigenvalue weighted by molar-refractivity contribution is 5.75. The van der Waals surface area contributed by atoms with E-state index in [1.54, 1.807) is 14.0 Å². The fraction of sp³-hybridized carbons (Fsp3) is 0.380. The summed E-state index contributed by atoms with van der Waals surface area (Å²) in [7, 11) is 1.60. The Kier molecular flexibility index (Phi) is 16.6. The third-order valence-corrected chi connectivity index (χ3v) is 10.8. The maximum absolute atomic E-state index is 12.9. The minimum atomic E-state index is -0.821. The standard InChI is InChI=1S/C50H56O10/c1-36(51)28-42-45(54-30-38-20-10-4-11-21-38)43(34-53-29-37-18-8-3-9-19-37)59-49(42)58-35-44-46(55-31-39-22-12-5-13-23-39)47(56-32-40-24-14-6-15-25-40)48(50(52-2)60-44)57-33-41-26-16-7-17-27-41/h3-27,42-50H,28-35H2,1-2H3/t42-,43+,44+,45+,46+,47-,48+,49-,50-/m0/s1. The minimum Gasteiger partial charge on any atom is -0.374 e. The first-order valence-electron chi connectivity index (χ1n) is 20.7. The lowest BCUT2D eigenvalue weighted by molar-refractivity contribution is -0.328. The van der Waals surface area contributed by atoms with E-state index >= 15 is 0 Å². The van der Waals surface area contributed by atoms with Crippen molar-refractivity contribution < 1.29 is 47.4 Å². The van der Waals surface area contributed by atoms with Gasteiger partial charge in [-0.3, -0.25) is 0 Å². The Morgan fingerprint density at radius 2 is 0.833 bits per heavy atom. The molecule has 5 aromatic rings. The lowest BCUT2D eigenvalue weighted by atomic mass is 9.94. The van der Waals surface area contributed by atoms with Crippen LogP contribution in [0.1, 0.15) is 41.2 Å². The predicted molar refractivity (Wildman–Crippen MR) is 225 cm³/mol. The molecule has 5 aromatic carbocycles. The molecule has 0 spiro atoms. The summed E-state index contributed by atoms with van der Waals surface area (Å²) >= 11 is 0. The van der Waals surface area contributed by atoms with Crippen molar-refractivity contribution in [3.8, 4) is 0 Å². The number of ketones is 1. The molecule has 7 rings (SSSR count). The monoisotopic (exact) mass is 816 g/mol. The molecule has 10 nitrogen and oxygen atoms in total. The van der Waals surface area contributed by atoms with Gasteiger partial charge in [0.2, 0.25) is 0 Å². The van der Waals surface area contributed by atoms with Crippen LogP contribution in [0.5, 0.6) is 0 Å². The molecule has 0 amide bonds. The summed E-state index contributed by atoms with van der Waals surface area (Å²) in [5, 5.41) is 0. The van der Waals surface area contributed by atoms with Gasteiger partial charge in [0.25, 0.3) is 0 Å². The van der Waals surface area contributed by atoms with Crippen molar-refractivity contribution in [1.82, 2.24) is 0 Å². The molecule has 2 fully saturated rings. The van der Waals surface area contributed by atoms with E-state index in [0.29, 0.717) is 33.0 Å². The van der Waals surface area contributed by atoms with Crippen molar-refractivity contribution in [3.63, 3.8) is 0 Å². The van der Waals surface area contributed by atoms with Crippen molar-refractivity contribution in [2.45, 2.75) is 95.6 Å². The number of carbonyl (C=O) groups excluding carboxylic acids is 1. The summed E-state index contributed by atoms with van der Waals surface area (Å²) < 4.78 is 59.1. The van der Waals surface area contributed by atoms with E-state index in [4.69, 9.17) is 42.6 Å². The van der Waals surface area contributed by atoms with Crippen LogP contribution in [0.25, 0.3) is 0 Å². The Morgan fingerprint density at radius 3 is 1.28 bits per heavy atom. The Balaban J connectivity index is 1.14. The smallest absolute Gasteiger partial charge is 0.186 e. The highest BCUT2D eigenvalue weighted by atomic mass is 16.7. The van der Waals surface area contributed by atoms with Crippen LogP contribution in [-0.2, 0) is 80.5 Å². The van der Waals surface area contributed by atoms with E-state index in [1.807, 2.05) is 152 Å². The minimum absolute atomic E-state index is 0.00146. The largest absolute Gasteiger partial charge is 0.374 e. The summed E-state index contributed by atoms with van der Waals surface area (Å²) in [5.41, 5.74) is 5.05. The van der Waals surface area contributed by atoms with Gasteiger partial charge in [-0.05, 0) is 34.7 Å². The number of ether oxygens (including phenoxy) is 9. The maximum atomic E-state index is 12.9. The van der Waals surface area contributed by atoms with Crippen molar-refractivity contribution in [1.29, 1.82) is 0 Å². The molecule has 0 radical (unpaired) electrons. The number of Topliss-reactive ketones (excluding diaryl/α,β-unsaturated/α-hetero) is 1. The molecule has 2 aliphatic rings. The van der Waals surface area contributed by atoms with Crippen molar-refractivity contribution >= 4 is 5.78 Å². The average molecular weight is 817 g/mol. The SMILES string of the molecule is CO[C@H]1O[C@H](CO[C@H]2O[C@H](COCc3ccccc3)[C@H](OCc3ccccc3)[C@@H]2CC(C)=O)[C@@H](OCc2ccccc2)[C@H](OCc2ccccc2)[C@H]1OCc1ccccc1. The molecule has 2 saturated heterocycles. The van der Waals surface area contributed by atoms with Crippen molar-refractivity contribution in [2.24, 2.45) is 5.92 Å². The molecular weight excluding hydrogens is 761 g/mol. The van der Waals surface area contributed by atoms with Crippen LogP contribution >= 0.6 is 0 Å². The Morgan fingerprint density at radius 1 is 0.450 bits per heavy atom. The van der Waals surface area contributed by atoms with E-state index in [2.05, 4.69) is 0 Å². The normalized spacial score (nSPS) is 25.3. The molecule has 0 saturated carbocycles. The predicted octanol–water partition coefficient (Wildman–Crippen LogP) is 8.25. The fourth-order valence-electron chi connectivity index (χ4n) is 7.75. The lowest BCUT2D eigenvalue weighted by Gasteiger charge is -2.45. The zero-order valence-corrected chi connectivity index (χ0v) is 34.4. The number of benzene rings is 5. The van der Waals surface area contributed by atoms with Gasteiger partial charge in [-0.2, -0.15) is 0 Å².